The van der Waals surface area contributed by atoms with Gasteiger partial charge in [0.05, 0.1) is 18.8 Å². The number of hydrogen-bond donors (Lipinski definition) is 1. The Morgan fingerprint density at radius 2 is 2.28 bits per heavy atom. The number of carboxylic acids is 1. The summed E-state index contributed by atoms with van der Waals surface area (Å²) in [6, 6.07) is 6.68. The van der Waals surface area contributed by atoms with Crippen LogP contribution in [0.15, 0.2) is 24.4 Å². The lowest BCUT2D eigenvalue weighted by atomic mass is 9.86. The zero-order valence-electron chi connectivity index (χ0n) is 14.5. The van der Waals surface area contributed by atoms with E-state index in [0.717, 1.165) is 38.4 Å². The minimum Gasteiger partial charge on any atom is -0.492 e. The van der Waals surface area contributed by atoms with Crippen LogP contribution in [-0.2, 0) is 12.0 Å². The topological polar surface area (TPSA) is 80.5 Å². The predicted octanol–water partition coefficient (Wildman–Crippen LogP) is 2.09. The van der Waals surface area contributed by atoms with Gasteiger partial charge in [0.2, 0.25) is 0 Å². The van der Waals surface area contributed by atoms with Crippen LogP contribution in [0.3, 0.4) is 0 Å². The number of carbonyl (C=O) groups is 1. The Balaban J connectivity index is 1.42. The third-order valence-corrected chi connectivity index (χ3v) is 5.12. The molecular weight excluding hydrogens is 320 g/mol. The second-order valence-electron chi connectivity index (χ2n) is 7.57. The average molecular weight is 342 g/mol. The van der Waals surface area contributed by atoms with E-state index in [9.17, 15) is 4.79 Å². The van der Waals surface area contributed by atoms with Crippen molar-refractivity contribution in [2.75, 3.05) is 19.7 Å². The van der Waals surface area contributed by atoms with Crippen LogP contribution in [0.2, 0.25) is 0 Å². The van der Waals surface area contributed by atoms with Gasteiger partial charge >= 0.3 is 5.97 Å². The second-order valence-corrected chi connectivity index (χ2v) is 7.57. The highest BCUT2D eigenvalue weighted by molar-refractivity contribution is 5.84. The van der Waals surface area contributed by atoms with Crippen LogP contribution in [-0.4, -0.2) is 50.7 Å². The van der Waals surface area contributed by atoms with E-state index in [-0.39, 0.29) is 17.2 Å². The normalized spacial score (nSPS) is 21.9. The van der Waals surface area contributed by atoms with Crippen molar-refractivity contribution in [3.63, 3.8) is 0 Å². The Morgan fingerprint density at radius 3 is 3.04 bits per heavy atom. The minimum absolute atomic E-state index is 0.00293. The highest BCUT2D eigenvalue weighted by Crippen LogP contribution is 2.39. The van der Waals surface area contributed by atoms with Crippen LogP contribution < -0.4 is 4.74 Å². The first-order valence-electron chi connectivity index (χ1n) is 8.56. The smallest absolute Gasteiger partial charge is 0.358 e. The monoisotopic (exact) mass is 342 g/mol. The molecule has 7 heteroatoms. The second kappa shape index (κ2) is 5.84. The maximum atomic E-state index is 10.9. The Morgan fingerprint density at radius 1 is 1.44 bits per heavy atom. The number of ether oxygens (including phenoxy) is 1. The van der Waals surface area contributed by atoms with E-state index >= 15 is 0 Å². The molecule has 1 atom stereocenters. The molecule has 1 unspecified atom stereocenters. The molecule has 0 saturated carbocycles. The van der Waals surface area contributed by atoms with Gasteiger partial charge in [0, 0.05) is 30.6 Å². The summed E-state index contributed by atoms with van der Waals surface area (Å²) in [5, 5.41) is 16.6. The molecule has 1 aromatic carbocycles. The number of carboxylic acid groups (broad SMARTS) is 1. The summed E-state index contributed by atoms with van der Waals surface area (Å²) < 4.78 is 7.52. The number of benzene rings is 1. The van der Waals surface area contributed by atoms with Gasteiger partial charge in [-0.05, 0) is 18.1 Å². The van der Waals surface area contributed by atoms with Crippen molar-refractivity contribution in [2.45, 2.75) is 38.3 Å². The minimum atomic E-state index is -1.04. The Labute approximate surface area is 146 Å². The van der Waals surface area contributed by atoms with Crippen molar-refractivity contribution in [3.05, 3.63) is 41.2 Å². The molecule has 0 aliphatic carbocycles. The lowest BCUT2D eigenvalue weighted by Crippen LogP contribution is -2.21. The average Bonchev–Trinajstić information content (AvgIpc) is 3.26. The molecular formula is C18H22N4O3. The van der Waals surface area contributed by atoms with Gasteiger partial charge in [-0.2, -0.15) is 0 Å². The third-order valence-electron chi connectivity index (χ3n) is 5.12. The van der Waals surface area contributed by atoms with Crippen molar-refractivity contribution in [1.29, 1.82) is 0 Å². The molecule has 3 heterocycles. The van der Waals surface area contributed by atoms with Crippen molar-refractivity contribution in [1.82, 2.24) is 19.9 Å². The first kappa shape index (κ1) is 16.1. The van der Waals surface area contributed by atoms with Gasteiger partial charge < -0.3 is 9.84 Å². The lowest BCUT2D eigenvalue weighted by Gasteiger charge is -2.18. The fourth-order valence-electron chi connectivity index (χ4n) is 3.66. The first-order chi connectivity index (χ1) is 11.9. The van der Waals surface area contributed by atoms with Gasteiger partial charge in [-0.25, -0.2) is 9.48 Å². The molecule has 0 bridgehead atoms. The van der Waals surface area contributed by atoms with Gasteiger partial charge in [-0.15, -0.1) is 5.10 Å². The summed E-state index contributed by atoms with van der Waals surface area (Å²) >= 11 is 0. The SMILES string of the molecule is CC1(C)COc2cc(CN3CCC(n4cc(C(=O)O)nn4)C3)ccc21. The molecule has 0 spiro atoms. The molecule has 0 amide bonds. The standard InChI is InChI=1S/C18H22N4O3/c1-18(2)11-25-16-7-12(3-4-14(16)18)8-21-6-5-13(9-21)22-10-15(17(23)24)19-20-22/h3-4,7,10,13H,5-6,8-9,11H2,1-2H3,(H,23,24). The summed E-state index contributed by atoms with van der Waals surface area (Å²) in [5.74, 6) is -0.0391. The number of aromatic carboxylic acids is 1. The van der Waals surface area contributed by atoms with Crippen LogP contribution in [0, 0.1) is 0 Å². The van der Waals surface area contributed by atoms with Gasteiger partial charge in [-0.1, -0.05) is 31.2 Å². The van der Waals surface area contributed by atoms with Crippen molar-refractivity contribution in [3.8, 4) is 5.75 Å². The van der Waals surface area contributed by atoms with Crippen LogP contribution in [0.1, 0.15) is 47.9 Å². The van der Waals surface area contributed by atoms with E-state index in [1.54, 1.807) is 4.68 Å². The van der Waals surface area contributed by atoms with Crippen LogP contribution in [0.5, 0.6) is 5.75 Å². The van der Waals surface area contributed by atoms with Crippen LogP contribution in [0.25, 0.3) is 0 Å². The quantitative estimate of drug-likeness (QED) is 0.916. The molecule has 2 aliphatic rings. The van der Waals surface area contributed by atoms with Crippen LogP contribution >= 0.6 is 0 Å². The van der Waals surface area contributed by atoms with Gasteiger partial charge in [0.15, 0.2) is 5.69 Å². The Hall–Kier alpha value is -2.41. The summed E-state index contributed by atoms with van der Waals surface area (Å²) in [6.07, 6.45) is 2.46. The van der Waals surface area contributed by atoms with Gasteiger partial charge in [-0.3, -0.25) is 4.90 Å². The summed E-state index contributed by atoms with van der Waals surface area (Å²) in [7, 11) is 0. The van der Waals surface area contributed by atoms with Crippen molar-refractivity contribution < 1.29 is 14.6 Å². The third kappa shape index (κ3) is 3.00. The molecule has 25 heavy (non-hydrogen) atoms. The lowest BCUT2D eigenvalue weighted by molar-refractivity contribution is 0.0690. The van der Waals surface area contributed by atoms with Crippen molar-refractivity contribution >= 4 is 5.97 Å². The number of likely N-dealkylation sites (tertiary alicyclic amines) is 1. The number of hydrogen-bond acceptors (Lipinski definition) is 5. The number of nitrogens with zero attached hydrogens (tertiary/aromatic N) is 4. The fourth-order valence-corrected chi connectivity index (χ4v) is 3.66. The molecule has 1 aromatic heterocycles. The van der Waals surface area contributed by atoms with E-state index in [2.05, 4.69) is 47.3 Å². The highest BCUT2D eigenvalue weighted by Gasteiger charge is 2.32. The maximum Gasteiger partial charge on any atom is 0.358 e. The van der Waals surface area contributed by atoms with E-state index < -0.39 is 5.97 Å². The molecule has 1 saturated heterocycles. The predicted molar refractivity (Wildman–Crippen MR) is 90.9 cm³/mol. The summed E-state index contributed by atoms with van der Waals surface area (Å²) in [5.41, 5.74) is 2.60. The fraction of sp³-hybridized carbons (Fsp3) is 0.500. The molecule has 1 fully saturated rings. The highest BCUT2D eigenvalue weighted by atomic mass is 16.5. The molecule has 7 nitrogen and oxygen atoms in total. The first-order valence-corrected chi connectivity index (χ1v) is 8.56. The molecule has 2 aromatic rings. The van der Waals surface area contributed by atoms with E-state index in [1.165, 1.54) is 17.3 Å². The zero-order chi connectivity index (χ0) is 17.6. The van der Waals surface area contributed by atoms with Gasteiger partial charge in [0.25, 0.3) is 0 Å². The largest absolute Gasteiger partial charge is 0.492 e. The molecule has 2 aliphatic heterocycles. The Bertz CT molecular complexity index is 814. The molecule has 0 radical (unpaired) electrons. The molecule has 4 rings (SSSR count). The number of rotatable bonds is 4. The van der Waals surface area contributed by atoms with E-state index in [4.69, 9.17) is 9.84 Å². The van der Waals surface area contributed by atoms with Crippen molar-refractivity contribution in [2.24, 2.45) is 0 Å². The number of aromatic nitrogens is 3. The molecule has 1 N–H and O–H groups in total. The molecule has 132 valence electrons. The number of fused-ring (bicyclic) bond motifs is 1. The van der Waals surface area contributed by atoms with E-state index in [0.29, 0.717) is 0 Å². The van der Waals surface area contributed by atoms with E-state index in [1.807, 2.05) is 0 Å². The zero-order valence-corrected chi connectivity index (χ0v) is 14.5. The summed E-state index contributed by atoms with van der Waals surface area (Å²) in [4.78, 5) is 13.3. The Kier molecular flexibility index (Phi) is 3.76. The summed E-state index contributed by atoms with van der Waals surface area (Å²) in [6.45, 7) is 7.78. The maximum absolute atomic E-state index is 10.9. The van der Waals surface area contributed by atoms with Gasteiger partial charge in [0.1, 0.15) is 5.75 Å². The van der Waals surface area contributed by atoms with Crippen LogP contribution in [0.4, 0.5) is 0 Å².